The number of alkyl carbamates (subject to hydrolysis) is 1. The fourth-order valence-corrected chi connectivity index (χ4v) is 4.74. The lowest BCUT2D eigenvalue weighted by atomic mass is 9.99. The van der Waals surface area contributed by atoms with Gasteiger partial charge in [0.05, 0.1) is 6.04 Å². The predicted molar refractivity (Wildman–Crippen MR) is 169 cm³/mol. The maximum atomic E-state index is 13.6. The molecule has 0 aliphatic carbocycles. The van der Waals surface area contributed by atoms with Crippen molar-refractivity contribution in [3.8, 4) is 0 Å². The molecule has 4 rings (SSSR count). The second kappa shape index (κ2) is 16.8. The summed E-state index contributed by atoms with van der Waals surface area (Å²) in [6.45, 7) is 4.25. The van der Waals surface area contributed by atoms with Crippen molar-refractivity contribution < 1.29 is 28.6 Å². The molecule has 10 nitrogen and oxygen atoms in total. The minimum atomic E-state index is -1.36. The van der Waals surface area contributed by atoms with Crippen LogP contribution in [0.2, 0.25) is 0 Å². The smallest absolute Gasteiger partial charge is 0.408 e. The number of oxazole rings is 1. The minimum absolute atomic E-state index is 0.00799. The zero-order valence-corrected chi connectivity index (χ0v) is 25.5. The number of carbonyl (C=O) groups is 3. The van der Waals surface area contributed by atoms with E-state index in [2.05, 4.69) is 20.9 Å². The number of ether oxygens (including phenoxy) is 1. The monoisotopic (exact) mass is 612 g/mol. The Balaban J connectivity index is 1.44. The highest BCUT2D eigenvalue weighted by atomic mass is 16.5. The van der Waals surface area contributed by atoms with Crippen LogP contribution >= 0.6 is 0 Å². The molecule has 4 aromatic rings. The van der Waals surface area contributed by atoms with Gasteiger partial charge in [0, 0.05) is 6.54 Å². The quantitative estimate of drug-likeness (QED) is 0.146. The zero-order valence-electron chi connectivity index (χ0n) is 25.5. The van der Waals surface area contributed by atoms with E-state index in [1.54, 1.807) is 0 Å². The summed E-state index contributed by atoms with van der Waals surface area (Å²) >= 11 is 0. The molecule has 10 heteroatoms. The molecule has 0 fully saturated rings. The number of aliphatic hydroxyl groups excluding tert-OH is 1. The summed E-state index contributed by atoms with van der Waals surface area (Å²) in [5.74, 6) is -0.966. The highest BCUT2D eigenvalue weighted by molar-refractivity contribution is 5.91. The van der Waals surface area contributed by atoms with Crippen LogP contribution in [0.4, 0.5) is 4.79 Å². The third-order valence-corrected chi connectivity index (χ3v) is 7.13. The molecule has 1 heterocycles. The Bertz CT molecular complexity index is 1490. The van der Waals surface area contributed by atoms with E-state index in [0.717, 1.165) is 16.7 Å². The fraction of sp³-hybridized carbons (Fsp3) is 0.314. The molecular formula is C35H40N4O6. The van der Waals surface area contributed by atoms with Gasteiger partial charge in [-0.3, -0.25) is 9.59 Å². The highest BCUT2D eigenvalue weighted by Crippen LogP contribution is 2.21. The largest absolute Gasteiger partial charge is 0.445 e. The van der Waals surface area contributed by atoms with Crippen molar-refractivity contribution in [3.63, 3.8) is 0 Å². The molecule has 4 N–H and O–H groups in total. The van der Waals surface area contributed by atoms with E-state index in [0.29, 0.717) is 25.8 Å². The van der Waals surface area contributed by atoms with Gasteiger partial charge in [-0.25, -0.2) is 9.78 Å². The third-order valence-electron chi connectivity index (χ3n) is 7.13. The summed E-state index contributed by atoms with van der Waals surface area (Å²) in [6.07, 6.45) is 0.314. The number of carbonyl (C=O) groups excluding carboxylic acids is 3. The lowest BCUT2D eigenvalue weighted by Crippen LogP contribution is -2.51. The van der Waals surface area contributed by atoms with Crippen molar-refractivity contribution >= 4 is 17.9 Å². The SMILES string of the molecule is CC(C)CC(NC(=O)OCc1ccccc1)C(=O)NC(CCc1ccccc1)C(O)c1nc(C(=O)NCc2ccccc2)co1. The average Bonchev–Trinajstić information content (AvgIpc) is 3.56. The normalized spacial score (nSPS) is 13.0. The summed E-state index contributed by atoms with van der Waals surface area (Å²) in [4.78, 5) is 43.2. The number of aryl methyl sites for hydroxylation is 1. The Morgan fingerprint density at radius 2 is 1.44 bits per heavy atom. The number of aromatic nitrogens is 1. The van der Waals surface area contributed by atoms with Crippen molar-refractivity contribution in [2.45, 2.75) is 64.4 Å². The van der Waals surface area contributed by atoms with Gasteiger partial charge in [-0.15, -0.1) is 0 Å². The maximum absolute atomic E-state index is 13.6. The molecule has 45 heavy (non-hydrogen) atoms. The lowest BCUT2D eigenvalue weighted by Gasteiger charge is -2.26. The maximum Gasteiger partial charge on any atom is 0.408 e. The Morgan fingerprint density at radius 1 is 0.844 bits per heavy atom. The van der Waals surface area contributed by atoms with E-state index >= 15 is 0 Å². The molecule has 236 valence electrons. The topological polar surface area (TPSA) is 143 Å². The summed E-state index contributed by atoms with van der Waals surface area (Å²) in [6, 6.07) is 26.6. The first-order chi connectivity index (χ1) is 21.8. The van der Waals surface area contributed by atoms with E-state index in [9.17, 15) is 19.5 Å². The number of nitrogens with one attached hydrogen (secondary N) is 3. The first-order valence-corrected chi connectivity index (χ1v) is 15.1. The summed E-state index contributed by atoms with van der Waals surface area (Å²) < 4.78 is 10.9. The summed E-state index contributed by atoms with van der Waals surface area (Å²) in [5.41, 5.74) is 2.76. The second-order valence-corrected chi connectivity index (χ2v) is 11.2. The van der Waals surface area contributed by atoms with Crippen LogP contribution in [-0.4, -0.2) is 40.1 Å². The number of rotatable bonds is 15. The Kier molecular flexibility index (Phi) is 12.3. The molecule has 3 atom stereocenters. The van der Waals surface area contributed by atoms with Crippen LogP contribution < -0.4 is 16.0 Å². The highest BCUT2D eigenvalue weighted by Gasteiger charge is 2.31. The van der Waals surface area contributed by atoms with Gasteiger partial charge < -0.3 is 30.2 Å². The first-order valence-electron chi connectivity index (χ1n) is 15.1. The van der Waals surface area contributed by atoms with E-state index in [1.165, 1.54) is 6.26 Å². The molecule has 0 aliphatic heterocycles. The molecule has 0 bridgehead atoms. The molecule has 0 saturated carbocycles. The van der Waals surface area contributed by atoms with Gasteiger partial charge >= 0.3 is 6.09 Å². The van der Waals surface area contributed by atoms with Crippen molar-refractivity contribution in [1.29, 1.82) is 0 Å². The molecular weight excluding hydrogens is 572 g/mol. The number of aliphatic hydroxyl groups is 1. The van der Waals surface area contributed by atoms with Crippen LogP contribution in [0.25, 0.3) is 0 Å². The molecule has 1 aromatic heterocycles. The predicted octanol–water partition coefficient (Wildman–Crippen LogP) is 5.10. The van der Waals surface area contributed by atoms with E-state index < -0.39 is 36.1 Å². The minimum Gasteiger partial charge on any atom is -0.445 e. The average molecular weight is 613 g/mol. The number of hydrogen-bond acceptors (Lipinski definition) is 7. The van der Waals surface area contributed by atoms with Crippen molar-refractivity contribution in [2.24, 2.45) is 5.92 Å². The second-order valence-electron chi connectivity index (χ2n) is 11.2. The van der Waals surface area contributed by atoms with Gasteiger partial charge in [0.25, 0.3) is 5.91 Å². The summed E-state index contributed by atoms with van der Waals surface area (Å²) in [5, 5.41) is 19.7. The van der Waals surface area contributed by atoms with E-state index in [1.807, 2.05) is 105 Å². The molecule has 0 aliphatic rings. The lowest BCUT2D eigenvalue weighted by molar-refractivity contribution is -0.125. The van der Waals surface area contributed by atoms with Crippen molar-refractivity contribution in [1.82, 2.24) is 20.9 Å². The van der Waals surface area contributed by atoms with Crippen LogP contribution in [0.1, 0.15) is 65.9 Å². The van der Waals surface area contributed by atoms with Crippen LogP contribution in [0, 0.1) is 5.92 Å². The zero-order chi connectivity index (χ0) is 32.0. The van der Waals surface area contributed by atoms with Crippen LogP contribution in [0.3, 0.4) is 0 Å². The van der Waals surface area contributed by atoms with Gasteiger partial charge in [-0.2, -0.15) is 0 Å². The number of hydrogen-bond donors (Lipinski definition) is 4. The Morgan fingerprint density at radius 3 is 2.07 bits per heavy atom. The molecule has 3 amide bonds. The van der Waals surface area contributed by atoms with Gasteiger partial charge in [0.1, 0.15) is 18.9 Å². The molecule has 0 spiro atoms. The Labute approximate surface area is 263 Å². The van der Waals surface area contributed by atoms with E-state index in [-0.39, 0.29) is 24.1 Å². The van der Waals surface area contributed by atoms with Crippen LogP contribution in [-0.2, 0) is 29.1 Å². The Hall–Kier alpha value is -4.96. The van der Waals surface area contributed by atoms with Gasteiger partial charge in [-0.1, -0.05) is 105 Å². The molecule has 0 saturated heterocycles. The number of benzene rings is 3. The van der Waals surface area contributed by atoms with Crippen LogP contribution in [0.5, 0.6) is 0 Å². The van der Waals surface area contributed by atoms with Gasteiger partial charge in [0.2, 0.25) is 11.8 Å². The molecule has 3 aromatic carbocycles. The standard InChI is InChI=1S/C35H40N4O6/c1-24(2)20-29(39-35(43)45-22-27-16-10-5-11-17-27)33(42)37-28(19-18-25-12-6-3-7-13-25)31(40)34-38-30(23-44-34)32(41)36-21-26-14-8-4-9-15-26/h3-17,23-24,28-29,31,40H,18-22H2,1-2H3,(H,36,41)(H,37,42)(H,39,43). The first kappa shape index (κ1) is 32.9. The van der Waals surface area contributed by atoms with Crippen molar-refractivity contribution in [3.05, 3.63) is 126 Å². The van der Waals surface area contributed by atoms with E-state index in [4.69, 9.17) is 9.15 Å². The van der Waals surface area contributed by atoms with Gasteiger partial charge in [0.15, 0.2) is 11.8 Å². The van der Waals surface area contributed by atoms with Crippen LogP contribution in [0.15, 0.2) is 102 Å². The fourth-order valence-electron chi connectivity index (χ4n) is 4.74. The number of amides is 3. The third kappa shape index (κ3) is 10.6. The van der Waals surface area contributed by atoms with Crippen molar-refractivity contribution in [2.75, 3.05) is 0 Å². The summed E-state index contributed by atoms with van der Waals surface area (Å²) in [7, 11) is 0. The number of nitrogens with zero attached hydrogens (tertiary/aromatic N) is 1. The molecule has 0 radical (unpaired) electrons. The van der Waals surface area contributed by atoms with Gasteiger partial charge in [-0.05, 0) is 41.9 Å². The molecule has 3 unspecified atom stereocenters.